The van der Waals surface area contributed by atoms with E-state index in [0.717, 1.165) is 18.7 Å². The zero-order valence-corrected chi connectivity index (χ0v) is 10.8. The van der Waals surface area contributed by atoms with Gasteiger partial charge in [0.05, 0.1) is 24.2 Å². The second kappa shape index (κ2) is 6.50. The summed E-state index contributed by atoms with van der Waals surface area (Å²) in [5, 5.41) is 12.6. The Morgan fingerprint density at radius 2 is 2.20 bits per heavy atom. The van der Waals surface area contributed by atoms with Crippen molar-refractivity contribution in [1.82, 2.24) is 20.2 Å². The topological polar surface area (TPSA) is 92.7 Å². The van der Waals surface area contributed by atoms with E-state index >= 15 is 0 Å². The number of nitrogens with zero attached hydrogens (tertiary/aromatic N) is 4. The van der Waals surface area contributed by atoms with Crippen molar-refractivity contribution in [3.8, 4) is 0 Å². The summed E-state index contributed by atoms with van der Waals surface area (Å²) in [5.41, 5.74) is 0.0888. The van der Waals surface area contributed by atoms with Gasteiger partial charge in [-0.3, -0.25) is 10.1 Å². The molecular formula is C12H13FN6O. The fourth-order valence-corrected chi connectivity index (χ4v) is 1.47. The van der Waals surface area contributed by atoms with Gasteiger partial charge < -0.3 is 5.32 Å². The summed E-state index contributed by atoms with van der Waals surface area (Å²) in [5.74, 6) is -0.786. The monoisotopic (exact) mass is 276 g/mol. The molecule has 0 aliphatic heterocycles. The van der Waals surface area contributed by atoms with Gasteiger partial charge in [0.15, 0.2) is 0 Å². The van der Waals surface area contributed by atoms with Gasteiger partial charge in [-0.05, 0) is 12.5 Å². The molecular weight excluding hydrogens is 263 g/mol. The highest BCUT2D eigenvalue weighted by Gasteiger charge is 2.15. The molecule has 0 saturated carbocycles. The van der Waals surface area contributed by atoms with Crippen LogP contribution in [0.5, 0.6) is 0 Å². The second-order valence-electron chi connectivity index (χ2n) is 3.90. The molecule has 0 fully saturated rings. The maximum absolute atomic E-state index is 13.3. The molecule has 7 nitrogen and oxygen atoms in total. The summed E-state index contributed by atoms with van der Waals surface area (Å²) in [7, 11) is 0. The molecule has 2 N–H and O–H groups in total. The van der Waals surface area contributed by atoms with E-state index in [-0.39, 0.29) is 11.5 Å². The van der Waals surface area contributed by atoms with E-state index in [9.17, 15) is 9.18 Å². The SMILES string of the molecule is CCCNc1ncc(F)cc1C(=O)Nc1nccnn1. The lowest BCUT2D eigenvalue weighted by atomic mass is 10.2. The lowest BCUT2D eigenvalue weighted by Crippen LogP contribution is -2.18. The third kappa shape index (κ3) is 3.44. The fraction of sp³-hybridized carbons (Fsp3) is 0.250. The van der Waals surface area contributed by atoms with Crippen LogP contribution in [0.3, 0.4) is 0 Å². The standard InChI is InChI=1S/C12H13FN6O/c1-2-3-14-10-9(6-8(13)7-16-10)11(20)18-12-15-4-5-17-19-12/h4-7H,2-3H2,1H3,(H,14,16)(H,15,18,19,20). The van der Waals surface area contributed by atoms with E-state index in [4.69, 9.17) is 0 Å². The maximum Gasteiger partial charge on any atom is 0.261 e. The van der Waals surface area contributed by atoms with Crippen LogP contribution in [0.2, 0.25) is 0 Å². The summed E-state index contributed by atoms with van der Waals surface area (Å²) in [6.07, 6.45) is 4.68. The van der Waals surface area contributed by atoms with Crippen LogP contribution in [-0.4, -0.2) is 32.6 Å². The number of rotatable bonds is 5. The minimum Gasteiger partial charge on any atom is -0.369 e. The van der Waals surface area contributed by atoms with E-state index < -0.39 is 11.7 Å². The highest BCUT2D eigenvalue weighted by molar-refractivity contribution is 6.06. The summed E-state index contributed by atoms with van der Waals surface area (Å²) in [6.45, 7) is 2.60. The zero-order chi connectivity index (χ0) is 14.4. The molecule has 0 spiro atoms. The first kappa shape index (κ1) is 13.8. The molecule has 2 rings (SSSR count). The van der Waals surface area contributed by atoms with Crippen molar-refractivity contribution >= 4 is 17.7 Å². The van der Waals surface area contributed by atoms with Crippen LogP contribution >= 0.6 is 0 Å². The van der Waals surface area contributed by atoms with Crippen molar-refractivity contribution in [2.45, 2.75) is 13.3 Å². The molecule has 2 aromatic heterocycles. The number of halogens is 1. The van der Waals surface area contributed by atoms with Crippen LogP contribution in [0.15, 0.2) is 24.7 Å². The fourth-order valence-electron chi connectivity index (χ4n) is 1.47. The van der Waals surface area contributed by atoms with Gasteiger partial charge in [0.25, 0.3) is 5.91 Å². The number of carbonyl (C=O) groups is 1. The van der Waals surface area contributed by atoms with Crippen molar-refractivity contribution in [3.05, 3.63) is 36.0 Å². The molecule has 0 aliphatic carbocycles. The molecule has 0 atom stereocenters. The number of carbonyl (C=O) groups excluding carboxylic acids is 1. The van der Waals surface area contributed by atoms with Gasteiger partial charge in [0, 0.05) is 6.54 Å². The average Bonchev–Trinajstić information content (AvgIpc) is 2.47. The van der Waals surface area contributed by atoms with Crippen molar-refractivity contribution < 1.29 is 9.18 Å². The van der Waals surface area contributed by atoms with Gasteiger partial charge in [-0.2, -0.15) is 5.10 Å². The molecule has 2 heterocycles. The number of amides is 1. The average molecular weight is 276 g/mol. The molecule has 0 unspecified atom stereocenters. The van der Waals surface area contributed by atoms with Crippen LogP contribution < -0.4 is 10.6 Å². The Morgan fingerprint density at radius 3 is 2.90 bits per heavy atom. The van der Waals surface area contributed by atoms with E-state index in [1.807, 2.05) is 6.92 Å². The molecule has 20 heavy (non-hydrogen) atoms. The highest BCUT2D eigenvalue weighted by Crippen LogP contribution is 2.15. The van der Waals surface area contributed by atoms with Gasteiger partial charge >= 0.3 is 0 Å². The number of anilines is 2. The molecule has 0 saturated heterocycles. The maximum atomic E-state index is 13.3. The van der Waals surface area contributed by atoms with E-state index in [1.165, 1.54) is 12.4 Å². The van der Waals surface area contributed by atoms with Gasteiger partial charge in [-0.15, -0.1) is 5.10 Å². The lowest BCUT2D eigenvalue weighted by molar-refractivity contribution is 0.102. The Labute approximate surface area is 114 Å². The Kier molecular flexibility index (Phi) is 4.48. The van der Waals surface area contributed by atoms with Crippen LogP contribution in [0.4, 0.5) is 16.2 Å². The summed E-state index contributed by atoms with van der Waals surface area (Å²) in [6, 6.07) is 1.11. The normalized spacial score (nSPS) is 10.1. The summed E-state index contributed by atoms with van der Waals surface area (Å²) in [4.78, 5) is 19.8. The molecule has 2 aromatic rings. The summed E-state index contributed by atoms with van der Waals surface area (Å²) < 4.78 is 13.3. The third-order valence-corrected chi connectivity index (χ3v) is 2.35. The number of pyridine rings is 1. The molecule has 0 aromatic carbocycles. The van der Waals surface area contributed by atoms with Gasteiger partial charge in [-0.1, -0.05) is 6.92 Å². The second-order valence-corrected chi connectivity index (χ2v) is 3.90. The van der Waals surface area contributed by atoms with Crippen molar-refractivity contribution in [3.63, 3.8) is 0 Å². The zero-order valence-electron chi connectivity index (χ0n) is 10.8. The van der Waals surface area contributed by atoms with Crippen LogP contribution in [-0.2, 0) is 0 Å². The predicted molar refractivity (Wildman–Crippen MR) is 70.8 cm³/mol. The highest BCUT2D eigenvalue weighted by atomic mass is 19.1. The van der Waals surface area contributed by atoms with Crippen molar-refractivity contribution in [2.24, 2.45) is 0 Å². The Bertz CT molecular complexity index is 592. The van der Waals surface area contributed by atoms with Crippen LogP contribution in [0.1, 0.15) is 23.7 Å². The first-order valence-electron chi connectivity index (χ1n) is 6.05. The van der Waals surface area contributed by atoms with E-state index in [1.54, 1.807) is 0 Å². The number of hydrogen-bond acceptors (Lipinski definition) is 6. The largest absolute Gasteiger partial charge is 0.369 e. The van der Waals surface area contributed by atoms with Crippen molar-refractivity contribution in [1.29, 1.82) is 0 Å². The minimum absolute atomic E-state index is 0.0446. The summed E-state index contributed by atoms with van der Waals surface area (Å²) >= 11 is 0. The first-order chi connectivity index (χ1) is 9.70. The Morgan fingerprint density at radius 1 is 1.35 bits per heavy atom. The first-order valence-corrected chi connectivity index (χ1v) is 6.05. The Balaban J connectivity index is 2.21. The molecule has 8 heteroatoms. The molecule has 1 amide bonds. The van der Waals surface area contributed by atoms with Gasteiger partial charge in [-0.25, -0.2) is 14.4 Å². The lowest BCUT2D eigenvalue weighted by Gasteiger charge is -2.09. The van der Waals surface area contributed by atoms with Crippen LogP contribution in [0, 0.1) is 5.82 Å². The Hall–Kier alpha value is -2.64. The molecule has 0 bridgehead atoms. The third-order valence-electron chi connectivity index (χ3n) is 2.35. The van der Waals surface area contributed by atoms with Gasteiger partial charge in [0.2, 0.25) is 5.95 Å². The van der Waals surface area contributed by atoms with E-state index in [0.29, 0.717) is 12.4 Å². The molecule has 0 aliphatic rings. The van der Waals surface area contributed by atoms with Crippen molar-refractivity contribution in [2.75, 3.05) is 17.2 Å². The number of nitrogens with one attached hydrogen (secondary N) is 2. The van der Waals surface area contributed by atoms with Crippen LogP contribution in [0.25, 0.3) is 0 Å². The molecule has 104 valence electrons. The van der Waals surface area contributed by atoms with E-state index in [2.05, 4.69) is 30.8 Å². The number of aromatic nitrogens is 4. The molecule has 0 radical (unpaired) electrons. The smallest absolute Gasteiger partial charge is 0.261 e. The number of hydrogen-bond donors (Lipinski definition) is 2. The van der Waals surface area contributed by atoms with Gasteiger partial charge in [0.1, 0.15) is 11.6 Å². The predicted octanol–water partition coefficient (Wildman–Crippen LogP) is 1.48. The minimum atomic E-state index is -0.593. The quantitative estimate of drug-likeness (QED) is 0.859.